The highest BCUT2D eigenvalue weighted by atomic mass is 15.1. The van der Waals surface area contributed by atoms with Crippen LogP contribution in [-0.4, -0.2) is 13.1 Å². The molecule has 1 aromatic rings. The molecule has 1 fully saturated rings. The van der Waals surface area contributed by atoms with Crippen molar-refractivity contribution in [1.29, 1.82) is 0 Å². The van der Waals surface area contributed by atoms with Crippen LogP contribution in [0, 0.1) is 5.41 Å². The van der Waals surface area contributed by atoms with E-state index < -0.39 is 0 Å². The Hall–Kier alpha value is -1.02. The lowest BCUT2D eigenvalue weighted by atomic mass is 9.74. The minimum atomic E-state index is 0.162. The van der Waals surface area contributed by atoms with Gasteiger partial charge in [-0.1, -0.05) is 51.8 Å². The Kier molecular flexibility index (Phi) is 5.09. The Morgan fingerprint density at radius 1 is 1.10 bits per heavy atom. The fourth-order valence-electron chi connectivity index (χ4n) is 3.49. The first kappa shape index (κ1) is 15.4. The van der Waals surface area contributed by atoms with Gasteiger partial charge in [0.15, 0.2) is 0 Å². The van der Waals surface area contributed by atoms with Gasteiger partial charge in [0.1, 0.15) is 0 Å². The first-order valence-electron chi connectivity index (χ1n) is 8.25. The zero-order chi connectivity index (χ0) is 14.6. The van der Waals surface area contributed by atoms with Gasteiger partial charge in [-0.3, -0.25) is 0 Å². The maximum Gasteiger partial charge on any atom is 0.0414 e. The third kappa shape index (κ3) is 3.01. The van der Waals surface area contributed by atoms with Gasteiger partial charge in [-0.2, -0.15) is 0 Å². The van der Waals surface area contributed by atoms with Crippen LogP contribution >= 0.6 is 0 Å². The monoisotopic (exact) mass is 274 g/mol. The van der Waals surface area contributed by atoms with E-state index in [-0.39, 0.29) is 6.04 Å². The summed E-state index contributed by atoms with van der Waals surface area (Å²) in [5, 5.41) is 0. The van der Waals surface area contributed by atoms with Crippen molar-refractivity contribution in [1.82, 2.24) is 0 Å². The molecule has 1 unspecified atom stereocenters. The molecular formula is C18H30N2. The van der Waals surface area contributed by atoms with Gasteiger partial charge >= 0.3 is 0 Å². The number of benzene rings is 1. The summed E-state index contributed by atoms with van der Waals surface area (Å²) in [7, 11) is 0. The molecule has 1 saturated heterocycles. The van der Waals surface area contributed by atoms with Crippen molar-refractivity contribution in [2.45, 2.75) is 58.9 Å². The Morgan fingerprint density at radius 3 is 2.25 bits per heavy atom. The average molecular weight is 274 g/mol. The molecule has 0 amide bonds. The molecule has 1 atom stereocenters. The molecule has 1 aromatic carbocycles. The van der Waals surface area contributed by atoms with Crippen LogP contribution < -0.4 is 10.6 Å². The number of piperidine rings is 1. The zero-order valence-corrected chi connectivity index (χ0v) is 13.4. The van der Waals surface area contributed by atoms with Crippen LogP contribution in [0.1, 0.15) is 64.5 Å². The van der Waals surface area contributed by atoms with Crippen LogP contribution in [0.25, 0.3) is 0 Å². The second-order valence-corrected chi connectivity index (χ2v) is 6.27. The number of nitrogens with zero attached hydrogens (tertiary/aromatic N) is 1. The zero-order valence-electron chi connectivity index (χ0n) is 13.4. The van der Waals surface area contributed by atoms with Crippen LogP contribution in [0.5, 0.6) is 0 Å². The number of anilines is 1. The quantitative estimate of drug-likeness (QED) is 0.856. The summed E-state index contributed by atoms with van der Waals surface area (Å²) in [6.45, 7) is 9.21. The Morgan fingerprint density at radius 2 is 1.70 bits per heavy atom. The molecule has 0 radical (unpaired) electrons. The van der Waals surface area contributed by atoms with Crippen LogP contribution in [0.15, 0.2) is 24.3 Å². The number of para-hydroxylation sites is 1. The van der Waals surface area contributed by atoms with Crippen molar-refractivity contribution in [3.05, 3.63) is 29.8 Å². The van der Waals surface area contributed by atoms with Crippen molar-refractivity contribution in [2.24, 2.45) is 11.1 Å². The van der Waals surface area contributed by atoms with Gasteiger partial charge in [0.05, 0.1) is 0 Å². The third-order valence-electron chi connectivity index (χ3n) is 5.44. The van der Waals surface area contributed by atoms with E-state index in [1.54, 1.807) is 0 Å². The summed E-state index contributed by atoms with van der Waals surface area (Å²) in [5.41, 5.74) is 9.54. The van der Waals surface area contributed by atoms with Crippen LogP contribution in [0.3, 0.4) is 0 Å². The van der Waals surface area contributed by atoms with Crippen molar-refractivity contribution < 1.29 is 0 Å². The summed E-state index contributed by atoms with van der Waals surface area (Å²) >= 11 is 0. The number of rotatable bonds is 5. The minimum Gasteiger partial charge on any atom is -0.371 e. The molecule has 0 spiro atoms. The Bertz CT molecular complexity index is 413. The maximum atomic E-state index is 6.28. The molecule has 2 rings (SSSR count). The highest BCUT2D eigenvalue weighted by molar-refractivity contribution is 5.55. The lowest BCUT2D eigenvalue weighted by Gasteiger charge is -2.42. The topological polar surface area (TPSA) is 29.3 Å². The molecular weight excluding hydrogens is 244 g/mol. The molecule has 20 heavy (non-hydrogen) atoms. The van der Waals surface area contributed by atoms with Crippen LogP contribution in [0.4, 0.5) is 5.69 Å². The number of nitrogens with two attached hydrogens (primary N) is 1. The smallest absolute Gasteiger partial charge is 0.0414 e. The molecule has 1 aliphatic rings. The van der Waals surface area contributed by atoms with E-state index in [4.69, 9.17) is 5.73 Å². The summed E-state index contributed by atoms with van der Waals surface area (Å²) in [4.78, 5) is 2.55. The second kappa shape index (κ2) is 6.62. The summed E-state index contributed by atoms with van der Waals surface area (Å²) in [6, 6.07) is 8.86. The predicted octanol–water partition coefficient (Wildman–Crippen LogP) is 4.50. The van der Waals surface area contributed by atoms with Crippen molar-refractivity contribution >= 4 is 5.69 Å². The summed E-state index contributed by atoms with van der Waals surface area (Å²) in [5.74, 6) is 0. The largest absolute Gasteiger partial charge is 0.371 e. The average Bonchev–Trinajstić information content (AvgIpc) is 2.54. The summed E-state index contributed by atoms with van der Waals surface area (Å²) in [6.07, 6.45) is 6.25. The van der Waals surface area contributed by atoms with Crippen LogP contribution in [0.2, 0.25) is 0 Å². The SMILES string of the molecule is CCC(N)c1ccccc1N1CCC(CC)(CC)CC1. The van der Waals surface area contributed by atoms with Gasteiger partial charge in [-0.25, -0.2) is 0 Å². The van der Waals surface area contributed by atoms with Gasteiger partial charge < -0.3 is 10.6 Å². The fourth-order valence-corrected chi connectivity index (χ4v) is 3.49. The molecule has 1 aliphatic heterocycles. The fraction of sp³-hybridized carbons (Fsp3) is 0.667. The van der Waals surface area contributed by atoms with Gasteiger partial charge in [-0.15, -0.1) is 0 Å². The van der Waals surface area contributed by atoms with Gasteiger partial charge in [0.25, 0.3) is 0 Å². The van der Waals surface area contributed by atoms with E-state index in [2.05, 4.69) is 49.9 Å². The maximum absolute atomic E-state index is 6.28. The molecule has 0 aliphatic carbocycles. The van der Waals surface area contributed by atoms with Gasteiger partial charge in [0, 0.05) is 24.8 Å². The molecule has 2 nitrogen and oxygen atoms in total. The van der Waals surface area contributed by atoms with Crippen molar-refractivity contribution in [3.8, 4) is 0 Å². The molecule has 2 heteroatoms. The Balaban J connectivity index is 2.15. The van der Waals surface area contributed by atoms with Crippen molar-refractivity contribution in [3.63, 3.8) is 0 Å². The number of hydrogen-bond acceptors (Lipinski definition) is 2. The lowest BCUT2D eigenvalue weighted by molar-refractivity contribution is 0.199. The molecule has 2 N–H and O–H groups in total. The van der Waals surface area contributed by atoms with Gasteiger partial charge in [-0.05, 0) is 36.3 Å². The third-order valence-corrected chi connectivity index (χ3v) is 5.44. The van der Waals surface area contributed by atoms with Gasteiger partial charge in [0.2, 0.25) is 0 Å². The highest BCUT2D eigenvalue weighted by Crippen LogP contribution is 2.40. The van der Waals surface area contributed by atoms with E-state index in [0.717, 1.165) is 6.42 Å². The van der Waals surface area contributed by atoms with E-state index in [0.29, 0.717) is 5.41 Å². The highest BCUT2D eigenvalue weighted by Gasteiger charge is 2.31. The predicted molar refractivity (Wildman–Crippen MR) is 88.1 cm³/mol. The normalized spacial score (nSPS) is 19.9. The molecule has 0 saturated carbocycles. The summed E-state index contributed by atoms with van der Waals surface area (Å²) < 4.78 is 0. The van der Waals surface area contributed by atoms with E-state index >= 15 is 0 Å². The minimum absolute atomic E-state index is 0.162. The van der Waals surface area contributed by atoms with E-state index in [9.17, 15) is 0 Å². The molecule has 0 aromatic heterocycles. The standard InChI is InChI=1S/C18H30N2/c1-4-16(19)15-9-7-8-10-17(15)20-13-11-18(5-2,6-3)12-14-20/h7-10,16H,4-6,11-14,19H2,1-3H3. The first-order chi connectivity index (χ1) is 9.65. The molecule has 0 bridgehead atoms. The Labute approximate surface area is 124 Å². The van der Waals surface area contributed by atoms with Crippen molar-refractivity contribution in [2.75, 3.05) is 18.0 Å². The van der Waals surface area contributed by atoms with E-state index in [1.807, 2.05) is 0 Å². The number of hydrogen-bond donors (Lipinski definition) is 1. The second-order valence-electron chi connectivity index (χ2n) is 6.27. The molecule has 112 valence electrons. The molecule has 1 heterocycles. The first-order valence-corrected chi connectivity index (χ1v) is 8.25. The lowest BCUT2D eigenvalue weighted by Crippen LogP contribution is -2.40. The van der Waals surface area contributed by atoms with Crippen LogP contribution in [-0.2, 0) is 0 Å². The van der Waals surface area contributed by atoms with E-state index in [1.165, 1.54) is 50.0 Å².